The second-order valence-corrected chi connectivity index (χ2v) is 4.77. The molecule has 2 aromatic rings. The molecule has 0 heterocycles. The third-order valence-electron chi connectivity index (χ3n) is 3.20. The zero-order valence-corrected chi connectivity index (χ0v) is 12.0. The quantitative estimate of drug-likeness (QED) is 0.767. The van der Waals surface area contributed by atoms with Crippen LogP contribution in [0.25, 0.3) is 0 Å². The largest absolute Gasteiger partial charge is 0.492 e. The summed E-state index contributed by atoms with van der Waals surface area (Å²) in [5.41, 5.74) is 1.46. The van der Waals surface area contributed by atoms with Crippen LogP contribution in [-0.4, -0.2) is 24.2 Å². The van der Waals surface area contributed by atoms with Crippen molar-refractivity contribution in [2.45, 2.75) is 13.0 Å². The van der Waals surface area contributed by atoms with Gasteiger partial charge in [-0.1, -0.05) is 36.4 Å². The minimum atomic E-state index is -0.948. The molecule has 1 unspecified atom stereocenters. The van der Waals surface area contributed by atoms with Crippen LogP contribution in [0, 0.1) is 0 Å². The van der Waals surface area contributed by atoms with Gasteiger partial charge in [0.2, 0.25) is 0 Å². The van der Waals surface area contributed by atoms with Crippen molar-refractivity contribution in [3.63, 3.8) is 0 Å². The standard InChI is InChI=1S/C17H19NO3/c1-13(14-6-3-2-4-7-14)18-10-11-21-16-9-5-8-15(12-16)17(19)20/h2-9,12-13,18H,10-11H2,1H3,(H,19,20). The van der Waals surface area contributed by atoms with Crippen LogP contribution < -0.4 is 10.1 Å². The van der Waals surface area contributed by atoms with Gasteiger partial charge in [-0.25, -0.2) is 4.79 Å². The Balaban J connectivity index is 1.77. The first-order valence-corrected chi connectivity index (χ1v) is 6.91. The second kappa shape index (κ2) is 7.45. The van der Waals surface area contributed by atoms with Crippen molar-refractivity contribution in [1.29, 1.82) is 0 Å². The summed E-state index contributed by atoms with van der Waals surface area (Å²) in [6.45, 7) is 3.27. The van der Waals surface area contributed by atoms with E-state index < -0.39 is 5.97 Å². The molecule has 0 aromatic heterocycles. The topological polar surface area (TPSA) is 58.6 Å². The minimum Gasteiger partial charge on any atom is -0.492 e. The predicted molar refractivity (Wildman–Crippen MR) is 81.8 cm³/mol. The molecule has 2 rings (SSSR count). The molecule has 110 valence electrons. The lowest BCUT2D eigenvalue weighted by molar-refractivity contribution is 0.0696. The van der Waals surface area contributed by atoms with Gasteiger partial charge in [0.1, 0.15) is 12.4 Å². The highest BCUT2D eigenvalue weighted by atomic mass is 16.5. The number of ether oxygens (including phenoxy) is 1. The lowest BCUT2D eigenvalue weighted by atomic mass is 10.1. The molecule has 0 aliphatic carbocycles. The van der Waals surface area contributed by atoms with Gasteiger partial charge in [0, 0.05) is 12.6 Å². The van der Waals surface area contributed by atoms with Crippen molar-refractivity contribution in [3.05, 3.63) is 65.7 Å². The summed E-state index contributed by atoms with van der Waals surface area (Å²) in [6.07, 6.45) is 0. The van der Waals surface area contributed by atoms with Gasteiger partial charge in [0.25, 0.3) is 0 Å². The van der Waals surface area contributed by atoms with E-state index >= 15 is 0 Å². The molecule has 0 aliphatic rings. The number of hydrogen-bond acceptors (Lipinski definition) is 3. The van der Waals surface area contributed by atoms with Crippen LogP contribution in [-0.2, 0) is 0 Å². The summed E-state index contributed by atoms with van der Waals surface area (Å²) in [7, 11) is 0. The van der Waals surface area contributed by atoms with Crippen LogP contribution in [0.2, 0.25) is 0 Å². The van der Waals surface area contributed by atoms with Gasteiger partial charge in [-0.15, -0.1) is 0 Å². The molecule has 0 saturated heterocycles. The van der Waals surface area contributed by atoms with Crippen LogP contribution in [0.5, 0.6) is 5.75 Å². The zero-order valence-electron chi connectivity index (χ0n) is 12.0. The Morgan fingerprint density at radius 2 is 1.95 bits per heavy atom. The molecule has 0 amide bonds. The molecule has 0 fully saturated rings. The first-order valence-electron chi connectivity index (χ1n) is 6.91. The summed E-state index contributed by atoms with van der Waals surface area (Å²) in [5, 5.41) is 12.3. The van der Waals surface area contributed by atoms with E-state index in [4.69, 9.17) is 9.84 Å². The highest BCUT2D eigenvalue weighted by molar-refractivity contribution is 5.87. The number of carboxylic acids is 1. The summed E-state index contributed by atoms with van der Waals surface area (Å²) in [4.78, 5) is 10.9. The molecule has 21 heavy (non-hydrogen) atoms. The average molecular weight is 285 g/mol. The van der Waals surface area contributed by atoms with Gasteiger partial charge >= 0.3 is 5.97 Å². The highest BCUT2D eigenvalue weighted by Crippen LogP contribution is 2.13. The molecular formula is C17H19NO3. The second-order valence-electron chi connectivity index (χ2n) is 4.77. The van der Waals surface area contributed by atoms with Gasteiger partial charge in [-0.3, -0.25) is 0 Å². The molecule has 4 nitrogen and oxygen atoms in total. The van der Waals surface area contributed by atoms with Crippen molar-refractivity contribution >= 4 is 5.97 Å². The normalized spacial score (nSPS) is 11.9. The molecule has 1 atom stereocenters. The monoisotopic (exact) mass is 285 g/mol. The van der Waals surface area contributed by atoms with Gasteiger partial charge in [0.05, 0.1) is 5.56 Å². The van der Waals surface area contributed by atoms with Crippen LogP contribution >= 0.6 is 0 Å². The average Bonchev–Trinajstić information content (AvgIpc) is 2.52. The van der Waals surface area contributed by atoms with Gasteiger partial charge in [-0.05, 0) is 30.7 Å². The van der Waals surface area contributed by atoms with E-state index in [9.17, 15) is 4.79 Å². The summed E-state index contributed by atoms with van der Waals surface area (Å²) < 4.78 is 5.56. The maximum absolute atomic E-state index is 10.9. The third kappa shape index (κ3) is 4.61. The first kappa shape index (κ1) is 15.1. The van der Waals surface area contributed by atoms with Crippen LogP contribution in [0.1, 0.15) is 28.9 Å². The zero-order chi connectivity index (χ0) is 15.1. The lowest BCUT2D eigenvalue weighted by Gasteiger charge is -2.14. The van der Waals surface area contributed by atoms with Crippen molar-refractivity contribution in [2.75, 3.05) is 13.2 Å². The molecule has 0 bridgehead atoms. The molecule has 2 aromatic carbocycles. The van der Waals surface area contributed by atoms with Crippen molar-refractivity contribution in [3.8, 4) is 5.75 Å². The maximum atomic E-state index is 10.9. The van der Waals surface area contributed by atoms with Crippen LogP contribution in [0.15, 0.2) is 54.6 Å². The van der Waals surface area contributed by atoms with E-state index in [2.05, 4.69) is 24.4 Å². The molecule has 0 aliphatic heterocycles. The van der Waals surface area contributed by atoms with Gasteiger partial charge < -0.3 is 15.2 Å². The Morgan fingerprint density at radius 1 is 1.19 bits per heavy atom. The maximum Gasteiger partial charge on any atom is 0.335 e. The van der Waals surface area contributed by atoms with Crippen molar-refractivity contribution in [1.82, 2.24) is 5.32 Å². The smallest absolute Gasteiger partial charge is 0.335 e. The van der Waals surface area contributed by atoms with E-state index in [0.29, 0.717) is 18.9 Å². The third-order valence-corrected chi connectivity index (χ3v) is 3.20. The Kier molecular flexibility index (Phi) is 5.35. The number of benzene rings is 2. The number of nitrogens with one attached hydrogen (secondary N) is 1. The Morgan fingerprint density at radius 3 is 2.67 bits per heavy atom. The lowest BCUT2D eigenvalue weighted by Crippen LogP contribution is -2.24. The fourth-order valence-corrected chi connectivity index (χ4v) is 2.02. The fraction of sp³-hybridized carbons (Fsp3) is 0.235. The summed E-state index contributed by atoms with van der Waals surface area (Å²) in [6, 6.07) is 16.9. The van der Waals surface area contributed by atoms with Gasteiger partial charge in [0.15, 0.2) is 0 Å². The predicted octanol–water partition coefficient (Wildman–Crippen LogP) is 3.11. The van der Waals surface area contributed by atoms with E-state index in [1.807, 2.05) is 18.2 Å². The highest BCUT2D eigenvalue weighted by Gasteiger charge is 2.05. The Hall–Kier alpha value is -2.33. The van der Waals surface area contributed by atoms with E-state index in [0.717, 1.165) is 0 Å². The molecule has 2 N–H and O–H groups in total. The Bertz CT molecular complexity index is 584. The summed E-state index contributed by atoms with van der Waals surface area (Å²) >= 11 is 0. The van der Waals surface area contributed by atoms with Crippen LogP contribution in [0.3, 0.4) is 0 Å². The first-order chi connectivity index (χ1) is 10.2. The molecule has 4 heteroatoms. The van der Waals surface area contributed by atoms with Crippen LogP contribution in [0.4, 0.5) is 0 Å². The summed E-state index contributed by atoms with van der Waals surface area (Å²) in [5.74, 6) is -0.375. The molecule has 0 saturated carbocycles. The van der Waals surface area contributed by atoms with E-state index in [1.165, 1.54) is 11.6 Å². The SMILES string of the molecule is CC(NCCOc1cccc(C(=O)O)c1)c1ccccc1. The van der Waals surface area contributed by atoms with E-state index in [1.54, 1.807) is 18.2 Å². The number of carboxylic acid groups (broad SMARTS) is 1. The van der Waals surface area contributed by atoms with Gasteiger partial charge in [-0.2, -0.15) is 0 Å². The van der Waals surface area contributed by atoms with Crippen molar-refractivity contribution < 1.29 is 14.6 Å². The minimum absolute atomic E-state index is 0.234. The fourth-order valence-electron chi connectivity index (χ4n) is 2.02. The number of rotatable bonds is 7. The number of aromatic carboxylic acids is 1. The van der Waals surface area contributed by atoms with Crippen molar-refractivity contribution in [2.24, 2.45) is 0 Å². The number of carbonyl (C=O) groups is 1. The Labute approximate surface area is 124 Å². The number of hydrogen-bond donors (Lipinski definition) is 2. The molecular weight excluding hydrogens is 266 g/mol. The van der Waals surface area contributed by atoms with E-state index in [-0.39, 0.29) is 11.6 Å². The molecule has 0 spiro atoms. The molecule has 0 radical (unpaired) electrons.